The molecule has 10 heavy (non-hydrogen) atoms. The summed E-state index contributed by atoms with van der Waals surface area (Å²) < 4.78 is 13.7. The van der Waals surface area contributed by atoms with Crippen molar-refractivity contribution < 1.29 is 4.20 Å². The molecule has 0 aliphatic rings. The maximum absolute atomic E-state index is 13.7. The Kier molecular flexibility index (Phi) is 2.25. The molecule has 0 N–H and O–H groups in total. The van der Waals surface area contributed by atoms with Crippen LogP contribution in [0.1, 0.15) is 20.8 Å². The van der Waals surface area contributed by atoms with Gasteiger partial charge in [0.05, 0.1) is 0 Å². The van der Waals surface area contributed by atoms with Crippen LogP contribution in [-0.4, -0.2) is 26.2 Å². The molecule has 0 aliphatic heterocycles. The van der Waals surface area contributed by atoms with E-state index in [2.05, 4.69) is 20.8 Å². The molecule has 0 rings (SSSR count). The van der Waals surface area contributed by atoms with Crippen molar-refractivity contribution in [3.8, 4) is 0 Å². The summed E-state index contributed by atoms with van der Waals surface area (Å²) in [7, 11) is 0. The summed E-state index contributed by atoms with van der Waals surface area (Å²) >= 11 is 0. The normalized spacial score (nSPS) is 18.1. The van der Waals surface area contributed by atoms with Crippen LogP contribution in [0.5, 0.6) is 0 Å². The van der Waals surface area contributed by atoms with Crippen molar-refractivity contribution in [2.24, 2.45) is 5.41 Å². The van der Waals surface area contributed by atoms with Gasteiger partial charge in [-0.15, -0.1) is 0 Å². The third-order valence-corrected chi connectivity index (χ3v) is 3.03. The van der Waals surface area contributed by atoms with E-state index in [1.54, 1.807) is 20.0 Å². The van der Waals surface area contributed by atoms with E-state index in [-0.39, 0.29) is 5.41 Å². The fourth-order valence-corrected chi connectivity index (χ4v) is 4.81. The summed E-state index contributed by atoms with van der Waals surface area (Å²) in [6.45, 7) is 8.84. The van der Waals surface area contributed by atoms with Gasteiger partial charge in [-0.25, -0.2) is 0 Å². The van der Waals surface area contributed by atoms with Crippen molar-refractivity contribution in [2.75, 3.05) is 26.2 Å². The first kappa shape index (κ1) is 10.4. The standard InChI is InChI=1S/C8H20FP/c1-8(2,3)7-10(4,5,6)9/h7H2,1-6H3. The molecule has 0 heterocycles. The monoisotopic (exact) mass is 166 g/mol. The summed E-state index contributed by atoms with van der Waals surface area (Å²) in [6, 6.07) is 0. The van der Waals surface area contributed by atoms with Crippen LogP contribution in [0.4, 0.5) is 4.20 Å². The van der Waals surface area contributed by atoms with Gasteiger partial charge < -0.3 is 0 Å². The average molecular weight is 166 g/mol. The minimum atomic E-state index is -2.75. The molecule has 0 nitrogen and oxygen atoms in total. The fraction of sp³-hybridized carbons (Fsp3) is 1.00. The molecule has 64 valence electrons. The number of halogens is 1. The van der Waals surface area contributed by atoms with Crippen LogP contribution >= 0.6 is 6.91 Å². The van der Waals surface area contributed by atoms with Gasteiger partial charge in [-0.05, 0) is 0 Å². The summed E-state index contributed by atoms with van der Waals surface area (Å²) in [5.41, 5.74) is 0.130. The molecule has 0 radical (unpaired) electrons. The Morgan fingerprint density at radius 1 is 1.10 bits per heavy atom. The second kappa shape index (κ2) is 2.17. The van der Waals surface area contributed by atoms with Crippen molar-refractivity contribution in [2.45, 2.75) is 20.8 Å². The molecular weight excluding hydrogens is 146 g/mol. The summed E-state index contributed by atoms with van der Waals surface area (Å²) in [5.74, 6) is 0. The third kappa shape index (κ3) is 8.36. The first-order valence-electron chi connectivity index (χ1n) is 3.68. The third-order valence-electron chi connectivity index (χ3n) is 1.01. The number of hydrogen-bond donors (Lipinski definition) is 0. The molecule has 0 saturated heterocycles. The van der Waals surface area contributed by atoms with Gasteiger partial charge in [-0.3, -0.25) is 0 Å². The van der Waals surface area contributed by atoms with E-state index >= 15 is 0 Å². The van der Waals surface area contributed by atoms with E-state index in [0.717, 1.165) is 6.16 Å². The van der Waals surface area contributed by atoms with Gasteiger partial charge in [0.15, 0.2) is 0 Å². The zero-order chi connectivity index (χ0) is 8.65. The average Bonchev–Trinajstić information content (AvgIpc) is 1.09. The van der Waals surface area contributed by atoms with Crippen molar-refractivity contribution in [1.82, 2.24) is 0 Å². The minimum absolute atomic E-state index is 0.130. The van der Waals surface area contributed by atoms with E-state index in [1.165, 1.54) is 0 Å². The molecule has 0 amide bonds. The maximum atomic E-state index is 13.7. The molecule has 2 heteroatoms. The Balaban J connectivity index is 4.18. The van der Waals surface area contributed by atoms with Gasteiger partial charge in [0.25, 0.3) is 0 Å². The van der Waals surface area contributed by atoms with Crippen LogP contribution in [0.2, 0.25) is 0 Å². The molecule has 0 spiro atoms. The van der Waals surface area contributed by atoms with E-state index in [0.29, 0.717) is 0 Å². The Hall–Kier alpha value is 0.360. The molecule has 0 atom stereocenters. The van der Waals surface area contributed by atoms with E-state index in [9.17, 15) is 4.20 Å². The van der Waals surface area contributed by atoms with Crippen molar-refractivity contribution >= 4 is 6.91 Å². The van der Waals surface area contributed by atoms with Gasteiger partial charge in [-0.1, -0.05) is 0 Å². The number of hydrogen-bond acceptors (Lipinski definition) is 0. The first-order chi connectivity index (χ1) is 3.96. The molecule has 0 aromatic rings. The Morgan fingerprint density at radius 3 is 1.40 bits per heavy atom. The van der Waals surface area contributed by atoms with Crippen molar-refractivity contribution in [3.05, 3.63) is 0 Å². The quantitative estimate of drug-likeness (QED) is 0.524. The zero-order valence-corrected chi connectivity index (χ0v) is 8.93. The van der Waals surface area contributed by atoms with Crippen LogP contribution < -0.4 is 0 Å². The van der Waals surface area contributed by atoms with Crippen LogP contribution in [0.25, 0.3) is 0 Å². The first-order valence-corrected chi connectivity index (χ1v) is 7.33. The topological polar surface area (TPSA) is 0 Å². The second-order valence-corrected chi connectivity index (χ2v) is 11.8. The SMILES string of the molecule is CC(C)(C)CP(C)(C)(C)F. The van der Waals surface area contributed by atoms with E-state index in [4.69, 9.17) is 0 Å². The fourth-order valence-electron chi connectivity index (χ4n) is 1.60. The van der Waals surface area contributed by atoms with Crippen LogP contribution in [-0.2, 0) is 0 Å². The van der Waals surface area contributed by atoms with Crippen LogP contribution in [0, 0.1) is 5.41 Å². The molecule has 0 bridgehead atoms. The predicted octanol–water partition coefficient (Wildman–Crippen LogP) is 3.36. The van der Waals surface area contributed by atoms with E-state index < -0.39 is 6.91 Å². The predicted molar refractivity (Wildman–Crippen MR) is 50.1 cm³/mol. The Labute approximate surface area is 64.3 Å². The van der Waals surface area contributed by atoms with Gasteiger partial charge in [0.2, 0.25) is 0 Å². The summed E-state index contributed by atoms with van der Waals surface area (Å²) in [6.07, 6.45) is 0.721. The van der Waals surface area contributed by atoms with Crippen LogP contribution in [0.3, 0.4) is 0 Å². The van der Waals surface area contributed by atoms with Gasteiger partial charge >= 0.3 is 63.5 Å². The summed E-state index contributed by atoms with van der Waals surface area (Å²) in [4.78, 5) is 0. The van der Waals surface area contributed by atoms with E-state index in [1.807, 2.05) is 0 Å². The Bertz CT molecular complexity index is 115. The van der Waals surface area contributed by atoms with Crippen LogP contribution in [0.15, 0.2) is 0 Å². The van der Waals surface area contributed by atoms with Gasteiger partial charge in [0, 0.05) is 0 Å². The molecule has 0 saturated carbocycles. The van der Waals surface area contributed by atoms with Crippen molar-refractivity contribution in [3.63, 3.8) is 0 Å². The molecule has 0 aromatic heterocycles. The van der Waals surface area contributed by atoms with Gasteiger partial charge in [0.1, 0.15) is 0 Å². The molecule has 0 unspecified atom stereocenters. The second-order valence-electron chi connectivity index (χ2n) is 5.64. The zero-order valence-electron chi connectivity index (χ0n) is 8.03. The molecule has 0 aromatic carbocycles. The molecular formula is C8H20FP. The van der Waals surface area contributed by atoms with Crippen molar-refractivity contribution in [1.29, 1.82) is 0 Å². The Morgan fingerprint density at radius 2 is 1.40 bits per heavy atom. The number of rotatable bonds is 1. The van der Waals surface area contributed by atoms with Gasteiger partial charge in [-0.2, -0.15) is 0 Å². The molecule has 0 fully saturated rings. The summed E-state index contributed by atoms with van der Waals surface area (Å²) in [5, 5.41) is 0. The molecule has 0 aliphatic carbocycles.